The van der Waals surface area contributed by atoms with Crippen LogP contribution in [0.1, 0.15) is 43.1 Å². The molecule has 2 aliphatic rings. The van der Waals surface area contributed by atoms with Gasteiger partial charge in [0.05, 0.1) is 10.6 Å². The SMILES string of the molecule is CC(C)(C)OC(=O)N1CCC(c2ccc(Cl)cc2)=C(CN2CCN(c3ccc(C(=O)NS(=O)(=O)c4ccc(N)c(S(=O)(=O)C(F)(F)F)c4)cc3)CC2)C1. The Bertz CT molecular complexity index is 2110. The van der Waals surface area contributed by atoms with Crippen LogP contribution in [0.4, 0.5) is 29.3 Å². The predicted octanol–water partition coefficient (Wildman–Crippen LogP) is 5.55. The van der Waals surface area contributed by atoms with Crippen molar-refractivity contribution in [1.29, 1.82) is 0 Å². The van der Waals surface area contributed by atoms with Crippen molar-refractivity contribution in [3.63, 3.8) is 0 Å². The highest BCUT2D eigenvalue weighted by atomic mass is 35.5. The molecule has 0 atom stereocenters. The maximum atomic E-state index is 13.1. The molecule has 3 aromatic carbocycles. The van der Waals surface area contributed by atoms with E-state index in [1.54, 1.807) is 21.8 Å². The number of benzene rings is 3. The molecule has 5 rings (SSSR count). The lowest BCUT2D eigenvalue weighted by atomic mass is 9.93. The number of halogens is 4. The molecule has 53 heavy (non-hydrogen) atoms. The number of amides is 2. The van der Waals surface area contributed by atoms with Crippen LogP contribution in [0.2, 0.25) is 5.02 Å². The summed E-state index contributed by atoms with van der Waals surface area (Å²) in [5, 5.41) is 0.635. The van der Waals surface area contributed by atoms with Gasteiger partial charge in [0.15, 0.2) is 0 Å². The van der Waals surface area contributed by atoms with E-state index in [0.717, 1.165) is 22.9 Å². The van der Waals surface area contributed by atoms with Gasteiger partial charge in [0, 0.05) is 62.1 Å². The third-order valence-corrected chi connectivity index (χ3v) is 11.8. The van der Waals surface area contributed by atoms with Crippen LogP contribution in [0.25, 0.3) is 5.57 Å². The summed E-state index contributed by atoms with van der Waals surface area (Å²) in [5.41, 5.74) is 2.32. The number of hydrogen-bond acceptors (Lipinski definition) is 10. The monoisotopic (exact) mass is 797 g/mol. The smallest absolute Gasteiger partial charge is 0.444 e. The van der Waals surface area contributed by atoms with Crippen molar-refractivity contribution >= 4 is 60.4 Å². The third-order valence-electron chi connectivity index (χ3n) is 8.68. The van der Waals surface area contributed by atoms with Crippen molar-refractivity contribution in [2.24, 2.45) is 0 Å². The number of ether oxygens (including phenoxy) is 1. The minimum atomic E-state index is -5.96. The fraction of sp³-hybridized carbons (Fsp3) is 0.371. The number of nitrogens with one attached hydrogen (secondary N) is 1. The van der Waals surface area contributed by atoms with E-state index in [2.05, 4.69) is 9.80 Å². The van der Waals surface area contributed by atoms with Crippen LogP contribution >= 0.6 is 11.6 Å². The molecule has 18 heteroatoms. The van der Waals surface area contributed by atoms with Crippen LogP contribution in [-0.4, -0.2) is 95.6 Å². The van der Waals surface area contributed by atoms with Crippen LogP contribution in [0.5, 0.6) is 0 Å². The topological polar surface area (TPSA) is 159 Å². The Kier molecular flexibility index (Phi) is 11.4. The standard InChI is InChI=1S/C35H39ClF3N5O7S2/c1-34(2,3)51-33(46)44-15-14-29(23-4-8-26(36)9-5-23)25(22-44)21-42-16-18-43(19-17-42)27-10-6-24(7-11-27)32(45)41-53(49,50)28-12-13-30(40)31(20-28)52(47,48)35(37,38)39/h4-13,20H,14-19,21-22,40H2,1-3H3,(H,41,45). The van der Waals surface area contributed by atoms with Gasteiger partial charge in [0.2, 0.25) is 0 Å². The number of carbonyl (C=O) groups excluding carboxylic acids is 2. The number of nitrogens with zero attached hydrogens (tertiary/aromatic N) is 3. The number of sulfonamides is 1. The number of rotatable bonds is 8. The molecule has 1 fully saturated rings. The van der Waals surface area contributed by atoms with Crippen LogP contribution in [0, 0.1) is 0 Å². The van der Waals surface area contributed by atoms with Gasteiger partial charge in [0.1, 0.15) is 10.5 Å². The van der Waals surface area contributed by atoms with Crippen molar-refractivity contribution in [3.8, 4) is 0 Å². The molecule has 2 heterocycles. The number of hydrogen-bond donors (Lipinski definition) is 2. The largest absolute Gasteiger partial charge is 0.501 e. The maximum absolute atomic E-state index is 13.1. The molecule has 0 saturated carbocycles. The quantitative estimate of drug-likeness (QED) is 0.277. The molecule has 3 N–H and O–H groups in total. The molecular weight excluding hydrogens is 759 g/mol. The van der Waals surface area contributed by atoms with Gasteiger partial charge >= 0.3 is 11.6 Å². The molecule has 12 nitrogen and oxygen atoms in total. The lowest BCUT2D eigenvalue weighted by molar-refractivity contribution is -0.0436. The Morgan fingerprint density at radius 1 is 0.887 bits per heavy atom. The average Bonchev–Trinajstić information content (AvgIpc) is 3.07. The van der Waals surface area contributed by atoms with Gasteiger partial charge in [0.25, 0.3) is 25.8 Å². The number of carbonyl (C=O) groups is 2. The van der Waals surface area contributed by atoms with Crippen molar-refractivity contribution in [1.82, 2.24) is 14.5 Å². The molecule has 0 aliphatic carbocycles. The zero-order chi connectivity index (χ0) is 38.9. The Labute approximate surface area is 311 Å². The summed E-state index contributed by atoms with van der Waals surface area (Å²) >= 11 is 6.15. The fourth-order valence-electron chi connectivity index (χ4n) is 5.99. The van der Waals surface area contributed by atoms with Gasteiger partial charge in [-0.3, -0.25) is 9.69 Å². The Morgan fingerprint density at radius 2 is 1.51 bits per heavy atom. The van der Waals surface area contributed by atoms with E-state index in [4.69, 9.17) is 22.1 Å². The molecule has 2 aliphatic heterocycles. The summed E-state index contributed by atoms with van der Waals surface area (Å²) in [5.74, 6) is -1.07. The minimum Gasteiger partial charge on any atom is -0.444 e. The molecule has 286 valence electrons. The predicted molar refractivity (Wildman–Crippen MR) is 195 cm³/mol. The van der Waals surface area contributed by atoms with Gasteiger partial charge in [-0.1, -0.05) is 23.7 Å². The molecular formula is C35H39ClF3N5O7S2. The average molecular weight is 798 g/mol. The van der Waals surface area contributed by atoms with E-state index in [1.165, 1.54) is 17.7 Å². The van der Waals surface area contributed by atoms with Crippen LogP contribution in [0.15, 0.2) is 82.1 Å². The van der Waals surface area contributed by atoms with E-state index >= 15 is 0 Å². The molecule has 2 amide bonds. The third kappa shape index (κ3) is 9.44. The normalized spacial score (nSPS) is 16.4. The zero-order valence-electron chi connectivity index (χ0n) is 29.1. The molecule has 0 aromatic heterocycles. The highest BCUT2D eigenvalue weighted by Crippen LogP contribution is 2.35. The van der Waals surface area contributed by atoms with Gasteiger partial charge in [-0.2, -0.15) is 13.2 Å². The number of nitrogens with two attached hydrogens (primary N) is 1. The first-order valence-corrected chi connectivity index (χ1v) is 19.8. The first-order chi connectivity index (χ1) is 24.6. The number of nitrogen functional groups attached to an aromatic ring is 1. The van der Waals surface area contributed by atoms with Crippen molar-refractivity contribution < 1.29 is 44.3 Å². The minimum absolute atomic E-state index is 0.0527. The highest BCUT2D eigenvalue weighted by Gasteiger charge is 2.48. The van der Waals surface area contributed by atoms with Crippen LogP contribution in [-0.2, 0) is 24.6 Å². The van der Waals surface area contributed by atoms with Crippen LogP contribution in [0.3, 0.4) is 0 Å². The van der Waals surface area contributed by atoms with E-state index in [0.29, 0.717) is 63.3 Å². The second kappa shape index (κ2) is 15.2. The number of sulfone groups is 1. The lowest BCUT2D eigenvalue weighted by Crippen LogP contribution is -2.48. The first-order valence-electron chi connectivity index (χ1n) is 16.4. The Hall–Kier alpha value is -4.32. The molecule has 0 radical (unpaired) electrons. The van der Waals surface area contributed by atoms with Crippen molar-refractivity contribution in [2.45, 2.75) is 48.1 Å². The fourth-order valence-corrected chi connectivity index (χ4v) is 8.10. The molecule has 0 unspecified atom stereocenters. The summed E-state index contributed by atoms with van der Waals surface area (Å²) in [6.45, 7) is 9.75. The summed E-state index contributed by atoms with van der Waals surface area (Å²) in [6, 6.07) is 15.5. The zero-order valence-corrected chi connectivity index (χ0v) is 31.5. The van der Waals surface area contributed by atoms with Crippen molar-refractivity contribution in [3.05, 3.63) is 88.5 Å². The molecule has 0 spiro atoms. The van der Waals surface area contributed by atoms with Gasteiger partial charge in [-0.05, 0) is 98.5 Å². The van der Waals surface area contributed by atoms with Crippen LogP contribution < -0.4 is 15.4 Å². The Balaban J connectivity index is 1.23. The first kappa shape index (κ1) is 39.9. The summed E-state index contributed by atoms with van der Waals surface area (Å²) in [6.07, 6.45) is 0.304. The summed E-state index contributed by atoms with van der Waals surface area (Å²) in [7, 11) is -10.7. The number of anilines is 2. The molecule has 3 aromatic rings. The maximum Gasteiger partial charge on any atom is 0.501 e. The van der Waals surface area contributed by atoms with E-state index in [1.807, 2.05) is 45.0 Å². The Morgan fingerprint density at radius 3 is 2.09 bits per heavy atom. The van der Waals surface area contributed by atoms with Gasteiger partial charge < -0.3 is 20.3 Å². The molecule has 1 saturated heterocycles. The number of piperazine rings is 1. The number of alkyl halides is 3. The second-order valence-corrected chi connectivity index (χ2v) is 17.7. The van der Waals surface area contributed by atoms with E-state index in [9.17, 15) is 39.6 Å². The van der Waals surface area contributed by atoms with E-state index < -0.39 is 52.4 Å². The highest BCUT2D eigenvalue weighted by molar-refractivity contribution is 7.92. The van der Waals surface area contributed by atoms with Gasteiger partial charge in [-0.25, -0.2) is 26.4 Å². The van der Waals surface area contributed by atoms with Crippen molar-refractivity contribution in [2.75, 3.05) is 56.4 Å². The van der Waals surface area contributed by atoms with Gasteiger partial charge in [-0.15, -0.1) is 0 Å². The summed E-state index contributed by atoms with van der Waals surface area (Å²) < 4.78 is 96.3. The summed E-state index contributed by atoms with van der Waals surface area (Å²) in [4.78, 5) is 29.6. The lowest BCUT2D eigenvalue weighted by Gasteiger charge is -2.39. The molecule has 0 bridgehead atoms. The second-order valence-electron chi connectivity index (χ2n) is 13.6. The van der Waals surface area contributed by atoms with E-state index in [-0.39, 0.29) is 17.7 Å².